The monoisotopic (exact) mass is 214 g/mol. The SMILES string of the molecule is C[Si](C)(Cl)C1C=CC2CCCCC21. The zero-order valence-electron chi connectivity index (χ0n) is 8.59. The zero-order valence-corrected chi connectivity index (χ0v) is 10.3. The van der Waals surface area contributed by atoms with Crippen LogP contribution in [0.1, 0.15) is 25.7 Å². The standard InChI is InChI=1S/C11H19ClSi/c1-13(2,12)11-8-7-9-5-3-4-6-10(9)11/h7-11H,3-6H2,1-2H3. The van der Waals surface area contributed by atoms with E-state index in [1.807, 2.05) is 0 Å². The van der Waals surface area contributed by atoms with Crippen LogP contribution in [-0.4, -0.2) is 7.38 Å². The van der Waals surface area contributed by atoms with E-state index in [0.29, 0.717) is 0 Å². The fourth-order valence-corrected chi connectivity index (χ4v) is 5.72. The molecule has 1 fully saturated rings. The van der Waals surface area contributed by atoms with Crippen molar-refractivity contribution in [2.75, 3.05) is 0 Å². The van der Waals surface area contributed by atoms with Gasteiger partial charge in [-0.3, -0.25) is 0 Å². The Hall–Kier alpha value is 0.247. The average molecular weight is 215 g/mol. The van der Waals surface area contributed by atoms with Gasteiger partial charge in [-0.2, -0.15) is 11.1 Å². The van der Waals surface area contributed by atoms with E-state index >= 15 is 0 Å². The summed E-state index contributed by atoms with van der Waals surface area (Å²) in [5.41, 5.74) is 0.750. The van der Waals surface area contributed by atoms with Crippen molar-refractivity contribution in [3.63, 3.8) is 0 Å². The first-order valence-electron chi connectivity index (χ1n) is 5.46. The minimum atomic E-state index is -1.45. The number of fused-ring (bicyclic) bond motifs is 1. The van der Waals surface area contributed by atoms with Gasteiger partial charge in [0, 0.05) is 0 Å². The Balaban J connectivity index is 2.11. The predicted molar refractivity (Wildman–Crippen MR) is 61.7 cm³/mol. The maximum absolute atomic E-state index is 6.55. The third-order valence-corrected chi connectivity index (χ3v) is 6.66. The van der Waals surface area contributed by atoms with Gasteiger partial charge in [0.15, 0.2) is 7.38 Å². The predicted octanol–water partition coefficient (Wildman–Crippen LogP) is 4.18. The van der Waals surface area contributed by atoms with E-state index in [0.717, 1.165) is 17.4 Å². The highest BCUT2D eigenvalue weighted by Gasteiger charge is 2.41. The van der Waals surface area contributed by atoms with E-state index in [1.165, 1.54) is 25.7 Å². The van der Waals surface area contributed by atoms with Gasteiger partial charge in [-0.05, 0) is 30.2 Å². The van der Waals surface area contributed by atoms with Crippen LogP contribution >= 0.6 is 11.1 Å². The Labute approximate surface area is 87.1 Å². The number of allylic oxidation sites excluding steroid dienone is 2. The molecule has 2 aliphatic rings. The van der Waals surface area contributed by atoms with Gasteiger partial charge in [0.25, 0.3) is 0 Å². The molecule has 0 aromatic rings. The van der Waals surface area contributed by atoms with Crippen molar-refractivity contribution in [3.05, 3.63) is 12.2 Å². The third-order valence-electron chi connectivity index (χ3n) is 3.69. The van der Waals surface area contributed by atoms with Crippen molar-refractivity contribution < 1.29 is 0 Å². The molecule has 0 radical (unpaired) electrons. The second-order valence-electron chi connectivity index (χ2n) is 5.09. The minimum absolute atomic E-state index is 0.750. The van der Waals surface area contributed by atoms with E-state index in [2.05, 4.69) is 25.2 Å². The van der Waals surface area contributed by atoms with Crippen LogP contribution in [0.15, 0.2) is 12.2 Å². The Bertz CT molecular complexity index is 217. The van der Waals surface area contributed by atoms with E-state index in [9.17, 15) is 0 Å². The van der Waals surface area contributed by atoms with E-state index in [-0.39, 0.29) is 0 Å². The molecule has 0 saturated heterocycles. The Morgan fingerprint density at radius 1 is 1.15 bits per heavy atom. The fourth-order valence-electron chi connectivity index (χ4n) is 3.02. The summed E-state index contributed by atoms with van der Waals surface area (Å²) in [4.78, 5) is 0. The fraction of sp³-hybridized carbons (Fsp3) is 0.818. The smallest absolute Gasteiger partial charge is 0.157 e. The number of hydrogen-bond donors (Lipinski definition) is 0. The molecule has 74 valence electrons. The van der Waals surface area contributed by atoms with Crippen molar-refractivity contribution in [1.29, 1.82) is 0 Å². The Morgan fingerprint density at radius 3 is 2.54 bits per heavy atom. The first-order valence-corrected chi connectivity index (χ1v) is 9.55. The summed E-state index contributed by atoms with van der Waals surface area (Å²) in [6.45, 7) is 4.58. The number of hydrogen-bond acceptors (Lipinski definition) is 0. The summed E-state index contributed by atoms with van der Waals surface area (Å²) in [6.07, 6.45) is 10.6. The molecule has 0 N–H and O–H groups in total. The highest BCUT2D eigenvalue weighted by Crippen LogP contribution is 2.49. The van der Waals surface area contributed by atoms with Gasteiger partial charge in [0.1, 0.15) is 0 Å². The zero-order chi connectivity index (χ0) is 9.47. The lowest BCUT2D eigenvalue weighted by Crippen LogP contribution is -2.31. The molecule has 2 aliphatic carbocycles. The molecular weight excluding hydrogens is 196 g/mol. The Kier molecular flexibility index (Phi) is 2.58. The molecule has 0 aromatic heterocycles. The summed E-state index contributed by atoms with van der Waals surface area (Å²) in [7, 11) is -1.45. The van der Waals surface area contributed by atoms with E-state index in [4.69, 9.17) is 11.1 Å². The van der Waals surface area contributed by atoms with Crippen LogP contribution in [0.25, 0.3) is 0 Å². The highest BCUT2D eigenvalue weighted by molar-refractivity contribution is 7.20. The molecule has 0 aromatic carbocycles. The second-order valence-corrected chi connectivity index (χ2v) is 11.8. The molecule has 2 rings (SSSR count). The van der Waals surface area contributed by atoms with Crippen LogP contribution in [0, 0.1) is 11.8 Å². The molecule has 3 unspecified atom stereocenters. The third kappa shape index (κ3) is 1.87. The van der Waals surface area contributed by atoms with Crippen molar-refractivity contribution >= 4 is 18.5 Å². The summed E-state index contributed by atoms with van der Waals surface area (Å²) in [5.74, 6) is 1.79. The van der Waals surface area contributed by atoms with Gasteiger partial charge in [-0.25, -0.2) is 0 Å². The summed E-state index contributed by atoms with van der Waals surface area (Å²) >= 11 is 6.55. The van der Waals surface area contributed by atoms with Crippen LogP contribution in [0.3, 0.4) is 0 Å². The molecule has 0 nitrogen and oxygen atoms in total. The summed E-state index contributed by atoms with van der Waals surface area (Å²) in [5, 5.41) is 0. The van der Waals surface area contributed by atoms with Crippen molar-refractivity contribution in [2.24, 2.45) is 11.8 Å². The lowest BCUT2D eigenvalue weighted by Gasteiger charge is -2.34. The minimum Gasteiger partial charge on any atom is -0.167 e. The van der Waals surface area contributed by atoms with Crippen LogP contribution in [0.5, 0.6) is 0 Å². The van der Waals surface area contributed by atoms with Gasteiger partial charge in [-0.1, -0.05) is 38.1 Å². The van der Waals surface area contributed by atoms with Crippen LogP contribution in [0.2, 0.25) is 18.6 Å². The maximum atomic E-state index is 6.55. The van der Waals surface area contributed by atoms with Gasteiger partial charge < -0.3 is 0 Å². The summed E-state index contributed by atoms with van der Waals surface area (Å²) in [6, 6.07) is 0. The first kappa shape index (κ1) is 9.79. The molecule has 1 saturated carbocycles. The number of halogens is 1. The average Bonchev–Trinajstić information content (AvgIpc) is 2.45. The molecular formula is C11H19ClSi. The van der Waals surface area contributed by atoms with Gasteiger partial charge in [-0.15, -0.1) is 0 Å². The maximum Gasteiger partial charge on any atom is 0.157 e. The lowest BCUT2D eigenvalue weighted by molar-refractivity contribution is 0.302. The molecule has 0 spiro atoms. The van der Waals surface area contributed by atoms with E-state index in [1.54, 1.807) is 0 Å². The molecule has 0 amide bonds. The topological polar surface area (TPSA) is 0 Å². The lowest BCUT2D eigenvalue weighted by atomic mass is 9.81. The second kappa shape index (κ2) is 3.43. The van der Waals surface area contributed by atoms with Gasteiger partial charge in [0.05, 0.1) is 0 Å². The van der Waals surface area contributed by atoms with Crippen LogP contribution < -0.4 is 0 Å². The van der Waals surface area contributed by atoms with Crippen molar-refractivity contribution in [3.8, 4) is 0 Å². The van der Waals surface area contributed by atoms with Crippen molar-refractivity contribution in [2.45, 2.75) is 44.3 Å². The Morgan fingerprint density at radius 2 is 1.85 bits per heavy atom. The van der Waals surface area contributed by atoms with E-state index < -0.39 is 7.38 Å². The molecule has 3 atom stereocenters. The molecule has 2 heteroatoms. The largest absolute Gasteiger partial charge is 0.167 e. The van der Waals surface area contributed by atoms with Crippen molar-refractivity contribution in [1.82, 2.24) is 0 Å². The normalized spacial score (nSPS) is 39.2. The van der Waals surface area contributed by atoms with Crippen LogP contribution in [-0.2, 0) is 0 Å². The first-order chi connectivity index (χ1) is 6.09. The van der Waals surface area contributed by atoms with Gasteiger partial charge in [0.2, 0.25) is 0 Å². The molecule has 0 bridgehead atoms. The molecule has 13 heavy (non-hydrogen) atoms. The number of rotatable bonds is 1. The highest BCUT2D eigenvalue weighted by atomic mass is 35.6. The van der Waals surface area contributed by atoms with Crippen LogP contribution in [0.4, 0.5) is 0 Å². The molecule has 0 aliphatic heterocycles. The summed E-state index contributed by atoms with van der Waals surface area (Å²) < 4.78 is 0. The molecule has 0 heterocycles. The quantitative estimate of drug-likeness (QED) is 0.349. The van der Waals surface area contributed by atoms with Gasteiger partial charge >= 0.3 is 0 Å².